The zero-order valence-electron chi connectivity index (χ0n) is 41.3. The van der Waals surface area contributed by atoms with E-state index in [1.165, 1.54) is 30.3 Å². The van der Waals surface area contributed by atoms with Gasteiger partial charge in [0, 0.05) is 49.6 Å². The average molecular weight is 1090 g/mol. The fourth-order valence-electron chi connectivity index (χ4n) is 11.3. The first-order chi connectivity index (χ1) is 38.2. The Hall–Kier alpha value is -9.18. The molecule has 0 amide bonds. The smallest absolute Gasteiger partial charge is 0.309 e. The number of hydrogen-bond donors (Lipinski definition) is 0. The lowest BCUT2D eigenvalue weighted by atomic mass is 9.72. The molecule has 0 spiro atoms. The van der Waals surface area contributed by atoms with E-state index in [0.29, 0.717) is 63.3 Å². The van der Waals surface area contributed by atoms with Crippen molar-refractivity contribution in [3.8, 4) is 45.3 Å². The Labute approximate surface area is 447 Å². The lowest BCUT2D eigenvalue weighted by Gasteiger charge is -2.38. The highest BCUT2D eigenvalue weighted by atomic mass is 19.4. The van der Waals surface area contributed by atoms with Gasteiger partial charge in [-0.1, -0.05) is 176 Å². The Morgan fingerprint density at radius 3 is 0.838 bits per heavy atom. The highest BCUT2D eigenvalue weighted by molar-refractivity contribution is 6.10. The maximum absolute atomic E-state index is 15.6. The summed E-state index contributed by atoms with van der Waals surface area (Å²) < 4.78 is 190. The summed E-state index contributed by atoms with van der Waals surface area (Å²) in [5, 5.41) is 3.33. The molecule has 0 radical (unpaired) electrons. The van der Waals surface area contributed by atoms with Gasteiger partial charge in [-0.05, 0) is 76.9 Å². The van der Waals surface area contributed by atoms with Crippen LogP contribution in [0.5, 0.6) is 0 Å². The van der Waals surface area contributed by atoms with Crippen molar-refractivity contribution >= 4 is 43.6 Å². The molecule has 0 saturated heterocycles. The molecule has 12 rings (SSSR count). The van der Waals surface area contributed by atoms with Crippen LogP contribution < -0.4 is 0 Å². The zero-order chi connectivity index (χ0) is 56.0. The van der Waals surface area contributed by atoms with Gasteiger partial charge in [0.05, 0.1) is 33.5 Å². The Morgan fingerprint density at radius 2 is 0.525 bits per heavy atom. The van der Waals surface area contributed by atoms with Crippen molar-refractivity contribution in [2.24, 2.45) is 0 Å². The number of hydrogen-bond acceptors (Lipinski definition) is 2. The molecule has 0 N–H and O–H groups in total. The van der Waals surface area contributed by atoms with Crippen molar-refractivity contribution in [3.05, 3.63) is 253 Å². The molecule has 0 aliphatic rings. The van der Waals surface area contributed by atoms with Crippen molar-refractivity contribution in [2.45, 2.75) is 35.5 Å². The Balaban J connectivity index is 0.927. The van der Waals surface area contributed by atoms with Gasteiger partial charge in [0.15, 0.2) is 5.82 Å². The number of nitrogens with zero attached hydrogens (tertiary/aromatic N) is 4. The van der Waals surface area contributed by atoms with Gasteiger partial charge in [-0.15, -0.1) is 0 Å². The quantitative estimate of drug-likeness (QED) is 0.135. The molecule has 0 saturated carbocycles. The number of para-hydroxylation sites is 4. The normalized spacial score (nSPS) is 13.0. The Morgan fingerprint density at radius 1 is 0.263 bits per heavy atom. The van der Waals surface area contributed by atoms with E-state index >= 15 is 52.7 Å². The summed E-state index contributed by atoms with van der Waals surface area (Å²) >= 11 is 0. The Kier molecular flexibility index (Phi) is 12.1. The maximum Gasteiger partial charge on any atom is 0.411 e. The van der Waals surface area contributed by atoms with Gasteiger partial charge >= 0.3 is 24.7 Å². The largest absolute Gasteiger partial charge is 0.411 e. The van der Waals surface area contributed by atoms with Crippen LogP contribution in [0.2, 0.25) is 0 Å². The van der Waals surface area contributed by atoms with Crippen LogP contribution in [0.1, 0.15) is 22.3 Å². The maximum atomic E-state index is 15.6. The highest BCUT2D eigenvalue weighted by Gasteiger charge is 2.73. The second kappa shape index (κ2) is 18.7. The van der Waals surface area contributed by atoms with Crippen molar-refractivity contribution in [2.75, 3.05) is 0 Å². The number of benzene rings is 9. The molecule has 398 valence electrons. The van der Waals surface area contributed by atoms with Gasteiger partial charge in [-0.25, -0.2) is 9.97 Å². The van der Waals surface area contributed by atoms with E-state index in [0.717, 1.165) is 70.1 Å². The third kappa shape index (κ3) is 8.01. The summed E-state index contributed by atoms with van der Waals surface area (Å²) in [4.78, 5) is 9.13. The summed E-state index contributed by atoms with van der Waals surface area (Å²) in [6, 6.07) is 53.7. The van der Waals surface area contributed by atoms with E-state index in [4.69, 9.17) is 0 Å². The van der Waals surface area contributed by atoms with Crippen LogP contribution in [-0.4, -0.2) is 43.8 Å². The predicted molar refractivity (Wildman–Crippen MR) is 286 cm³/mol. The standard InChI is InChI=1S/C64H38F12N4/c65-61(66,67)59(62(68,69)70,44-30-34-46(35-31-44)79-54-18-8-4-14-48(54)49-15-5-9-19-55(49)79)42-26-22-40(23-27-42)53-38-52(39-12-2-1-3-13-39)77-58(78-53)41-24-28-43(29-25-41)60(63(71,72)73,64(74,75)76)45-32-36-47(37-33-45)80-56-20-10-6-16-50(56)51-17-7-11-21-57(51)80/h1-38H. The molecular weight excluding hydrogens is 1050 g/mol. The van der Waals surface area contributed by atoms with Crippen LogP contribution in [0.25, 0.3) is 88.9 Å². The summed E-state index contributed by atoms with van der Waals surface area (Å²) in [6.07, 6.45) is -23.7. The molecule has 0 aliphatic heterocycles. The molecule has 3 heterocycles. The van der Waals surface area contributed by atoms with E-state index in [9.17, 15) is 0 Å². The van der Waals surface area contributed by atoms with E-state index in [-0.39, 0.29) is 28.3 Å². The van der Waals surface area contributed by atoms with Gasteiger partial charge in [0.1, 0.15) is 0 Å². The van der Waals surface area contributed by atoms with Gasteiger partial charge < -0.3 is 9.13 Å². The molecule has 3 aromatic heterocycles. The highest BCUT2D eigenvalue weighted by Crippen LogP contribution is 2.58. The molecule has 4 nitrogen and oxygen atoms in total. The minimum Gasteiger partial charge on any atom is -0.309 e. The minimum atomic E-state index is -5.93. The van der Waals surface area contributed by atoms with Crippen LogP contribution >= 0.6 is 0 Å². The molecule has 0 atom stereocenters. The number of rotatable bonds is 9. The van der Waals surface area contributed by atoms with Crippen LogP contribution in [0, 0.1) is 0 Å². The summed E-state index contributed by atoms with van der Waals surface area (Å²) in [6.45, 7) is 0. The average Bonchev–Trinajstić information content (AvgIpc) is 4.12. The predicted octanol–water partition coefficient (Wildman–Crippen LogP) is 18.5. The second-order valence-corrected chi connectivity index (χ2v) is 19.3. The zero-order valence-corrected chi connectivity index (χ0v) is 41.3. The lowest BCUT2D eigenvalue weighted by Crippen LogP contribution is -2.54. The summed E-state index contributed by atoms with van der Waals surface area (Å²) in [7, 11) is 0. The number of halogens is 12. The molecule has 0 bridgehead atoms. The molecule has 80 heavy (non-hydrogen) atoms. The molecule has 0 unspecified atom stereocenters. The number of alkyl halides is 12. The van der Waals surface area contributed by atoms with Crippen molar-refractivity contribution < 1.29 is 52.7 Å². The number of aromatic nitrogens is 4. The first-order valence-electron chi connectivity index (χ1n) is 24.8. The monoisotopic (exact) mass is 1090 g/mol. The third-order valence-corrected chi connectivity index (χ3v) is 15.0. The minimum absolute atomic E-state index is 0.0173. The molecule has 16 heteroatoms. The third-order valence-electron chi connectivity index (χ3n) is 15.0. The Bertz CT molecular complexity index is 3880. The van der Waals surface area contributed by atoms with Gasteiger partial charge in [0.25, 0.3) is 0 Å². The molecule has 0 fully saturated rings. The first-order valence-corrected chi connectivity index (χ1v) is 24.8. The lowest BCUT2D eigenvalue weighted by molar-refractivity contribution is -0.290. The van der Waals surface area contributed by atoms with Crippen LogP contribution in [-0.2, 0) is 10.8 Å². The van der Waals surface area contributed by atoms with Crippen molar-refractivity contribution in [3.63, 3.8) is 0 Å². The summed E-state index contributed by atoms with van der Waals surface area (Å²) in [5.41, 5.74) is -9.61. The molecular formula is C64H38F12N4. The van der Waals surface area contributed by atoms with E-state index in [1.54, 1.807) is 88.0 Å². The van der Waals surface area contributed by atoms with Crippen LogP contribution in [0.3, 0.4) is 0 Å². The van der Waals surface area contributed by atoms with Crippen molar-refractivity contribution in [1.82, 2.24) is 19.1 Å². The summed E-state index contributed by atoms with van der Waals surface area (Å²) in [5.74, 6) is -0.222. The van der Waals surface area contributed by atoms with E-state index < -0.39 is 57.8 Å². The fourth-order valence-corrected chi connectivity index (χ4v) is 11.3. The second-order valence-electron chi connectivity index (χ2n) is 19.3. The molecule has 0 aliphatic carbocycles. The van der Waals surface area contributed by atoms with Gasteiger partial charge in [-0.3, -0.25) is 0 Å². The van der Waals surface area contributed by atoms with E-state index in [1.807, 2.05) is 48.5 Å². The first kappa shape index (κ1) is 51.6. The van der Waals surface area contributed by atoms with Crippen LogP contribution in [0.15, 0.2) is 231 Å². The molecule has 9 aromatic carbocycles. The van der Waals surface area contributed by atoms with Crippen molar-refractivity contribution in [1.29, 1.82) is 0 Å². The molecule has 12 aromatic rings. The fraction of sp³-hybridized carbons (Fsp3) is 0.0938. The SMILES string of the molecule is FC(F)(F)C(c1ccc(-c2cc(-c3ccccc3)nc(-c3ccc(C(c4ccc(-n5c6ccccc6c6ccccc65)cc4)(C(F)(F)F)C(F)(F)F)cc3)n2)cc1)(c1ccc(-n2c3ccccc3c3ccccc32)cc1)C(F)(F)F. The van der Waals surface area contributed by atoms with Gasteiger partial charge in [-0.2, -0.15) is 52.7 Å². The number of fused-ring (bicyclic) bond motifs is 6. The van der Waals surface area contributed by atoms with Gasteiger partial charge in [0.2, 0.25) is 10.8 Å². The topological polar surface area (TPSA) is 35.6 Å². The van der Waals surface area contributed by atoms with E-state index in [2.05, 4.69) is 9.97 Å². The van der Waals surface area contributed by atoms with Crippen LogP contribution in [0.4, 0.5) is 52.7 Å².